The fourth-order valence-corrected chi connectivity index (χ4v) is 5.10. The van der Waals surface area contributed by atoms with Crippen LogP contribution in [0.5, 0.6) is 0 Å². The smallest absolute Gasteiger partial charge is 0.335 e. The van der Waals surface area contributed by atoms with E-state index < -0.39 is 9.84 Å². The zero-order valence-corrected chi connectivity index (χ0v) is 17.2. The molecular weight excluding hydrogens is 392 g/mol. The van der Waals surface area contributed by atoms with Crippen molar-refractivity contribution in [3.8, 4) is 0 Å². The molecule has 0 saturated carbocycles. The standard InChI is InChI=1S/C20H26N4O4S/c25-20(23-11-5-2-6-12-23)24-13-9-17(10-14-24)18-21-22-19(28-18)29(26,27)15-16-7-3-1-4-8-16/h1,3-4,7-8,17H,2,5-6,9-15H2. The third kappa shape index (κ3) is 4.60. The Bertz CT molecular complexity index is 930. The summed E-state index contributed by atoms with van der Waals surface area (Å²) in [7, 11) is -3.68. The quantitative estimate of drug-likeness (QED) is 0.757. The van der Waals surface area contributed by atoms with Gasteiger partial charge in [0.05, 0.1) is 5.75 Å². The summed E-state index contributed by atoms with van der Waals surface area (Å²) in [5.74, 6) is 0.161. The van der Waals surface area contributed by atoms with Gasteiger partial charge in [-0.3, -0.25) is 0 Å². The minimum absolute atomic E-state index is 0.0198. The first kappa shape index (κ1) is 19.9. The van der Waals surface area contributed by atoms with Crippen LogP contribution in [0.2, 0.25) is 0 Å². The molecule has 2 aliphatic rings. The van der Waals surface area contributed by atoms with Gasteiger partial charge in [0, 0.05) is 32.1 Å². The number of amides is 2. The maximum atomic E-state index is 12.6. The molecule has 0 bridgehead atoms. The average molecular weight is 419 g/mol. The molecule has 2 aliphatic heterocycles. The summed E-state index contributed by atoms with van der Waals surface area (Å²) in [5, 5.41) is 7.46. The van der Waals surface area contributed by atoms with E-state index in [1.54, 1.807) is 24.3 Å². The summed E-state index contributed by atoms with van der Waals surface area (Å²) < 4.78 is 30.7. The molecule has 0 N–H and O–H groups in total. The lowest BCUT2D eigenvalue weighted by molar-refractivity contribution is 0.129. The number of likely N-dealkylation sites (tertiary alicyclic amines) is 2. The Morgan fingerprint density at radius 3 is 2.31 bits per heavy atom. The summed E-state index contributed by atoms with van der Waals surface area (Å²) in [6.45, 7) is 2.92. The van der Waals surface area contributed by atoms with E-state index in [9.17, 15) is 13.2 Å². The van der Waals surface area contributed by atoms with Crippen LogP contribution in [0.3, 0.4) is 0 Å². The van der Waals surface area contributed by atoms with Crippen molar-refractivity contribution in [1.82, 2.24) is 20.0 Å². The second-order valence-electron chi connectivity index (χ2n) is 7.74. The van der Waals surface area contributed by atoms with Crippen LogP contribution in [-0.4, -0.2) is 60.6 Å². The SMILES string of the molecule is O=C(N1CCCCC1)N1CCC(c2nnc(S(=O)(=O)Cc3ccccc3)o2)CC1. The lowest BCUT2D eigenvalue weighted by Gasteiger charge is -2.36. The Hall–Kier alpha value is -2.42. The van der Waals surface area contributed by atoms with E-state index in [2.05, 4.69) is 10.2 Å². The van der Waals surface area contributed by atoms with Crippen molar-refractivity contribution >= 4 is 15.9 Å². The summed E-state index contributed by atoms with van der Waals surface area (Å²) in [4.78, 5) is 16.4. The highest BCUT2D eigenvalue weighted by Gasteiger charge is 2.31. The van der Waals surface area contributed by atoms with Crippen molar-refractivity contribution < 1.29 is 17.6 Å². The molecule has 0 radical (unpaired) electrons. The Morgan fingerprint density at radius 2 is 1.62 bits per heavy atom. The molecule has 8 nitrogen and oxygen atoms in total. The van der Waals surface area contributed by atoms with Crippen LogP contribution in [0.15, 0.2) is 40.0 Å². The number of hydrogen-bond donors (Lipinski definition) is 0. The number of benzene rings is 1. The molecule has 1 aromatic heterocycles. The molecule has 2 saturated heterocycles. The molecule has 0 aliphatic carbocycles. The van der Waals surface area contributed by atoms with Crippen LogP contribution < -0.4 is 0 Å². The minimum atomic E-state index is -3.68. The minimum Gasteiger partial charge on any atom is -0.412 e. The third-order valence-electron chi connectivity index (χ3n) is 5.63. The van der Waals surface area contributed by atoms with Crippen molar-refractivity contribution in [2.24, 2.45) is 0 Å². The summed E-state index contributed by atoms with van der Waals surface area (Å²) in [6.07, 6.45) is 4.73. The van der Waals surface area contributed by atoms with E-state index in [-0.39, 0.29) is 22.9 Å². The van der Waals surface area contributed by atoms with Gasteiger partial charge in [-0.1, -0.05) is 35.4 Å². The topological polar surface area (TPSA) is 96.6 Å². The first-order chi connectivity index (χ1) is 14.0. The summed E-state index contributed by atoms with van der Waals surface area (Å²) in [5.41, 5.74) is 0.678. The van der Waals surface area contributed by atoms with E-state index in [1.807, 2.05) is 15.9 Å². The molecule has 156 valence electrons. The molecule has 2 aromatic rings. The van der Waals surface area contributed by atoms with Gasteiger partial charge in [-0.25, -0.2) is 13.2 Å². The van der Waals surface area contributed by atoms with E-state index in [0.717, 1.165) is 25.9 Å². The number of urea groups is 1. The second-order valence-corrected chi connectivity index (χ2v) is 9.61. The highest BCUT2D eigenvalue weighted by molar-refractivity contribution is 7.90. The van der Waals surface area contributed by atoms with Gasteiger partial charge >= 0.3 is 11.3 Å². The van der Waals surface area contributed by atoms with E-state index in [1.165, 1.54) is 6.42 Å². The highest BCUT2D eigenvalue weighted by atomic mass is 32.2. The Labute approximate surface area is 170 Å². The van der Waals surface area contributed by atoms with Crippen LogP contribution in [-0.2, 0) is 15.6 Å². The number of aromatic nitrogens is 2. The van der Waals surface area contributed by atoms with Crippen LogP contribution >= 0.6 is 0 Å². The molecule has 9 heteroatoms. The normalized spacial score (nSPS) is 18.8. The first-order valence-electron chi connectivity index (χ1n) is 10.2. The maximum Gasteiger partial charge on any atom is 0.335 e. The zero-order valence-electron chi connectivity index (χ0n) is 16.4. The predicted molar refractivity (Wildman–Crippen MR) is 106 cm³/mol. The largest absolute Gasteiger partial charge is 0.412 e. The lowest BCUT2D eigenvalue weighted by atomic mass is 9.97. The predicted octanol–water partition coefficient (Wildman–Crippen LogP) is 2.83. The molecule has 0 spiro atoms. The molecule has 2 fully saturated rings. The Balaban J connectivity index is 1.36. The molecule has 2 amide bonds. The van der Waals surface area contributed by atoms with Crippen LogP contribution in [0.1, 0.15) is 49.5 Å². The monoisotopic (exact) mass is 418 g/mol. The van der Waals surface area contributed by atoms with Gasteiger partial charge in [0.25, 0.3) is 0 Å². The Kier molecular flexibility index (Phi) is 5.84. The fourth-order valence-electron chi connectivity index (χ4n) is 3.97. The van der Waals surface area contributed by atoms with Gasteiger partial charge in [0.15, 0.2) is 0 Å². The van der Waals surface area contributed by atoms with Gasteiger partial charge in [-0.2, -0.15) is 0 Å². The number of hydrogen-bond acceptors (Lipinski definition) is 6. The number of carbonyl (C=O) groups excluding carboxylic acids is 1. The molecule has 3 heterocycles. The van der Waals surface area contributed by atoms with Gasteiger partial charge in [0.2, 0.25) is 15.7 Å². The fraction of sp³-hybridized carbons (Fsp3) is 0.550. The molecule has 29 heavy (non-hydrogen) atoms. The molecule has 0 unspecified atom stereocenters. The maximum absolute atomic E-state index is 12.6. The highest BCUT2D eigenvalue weighted by Crippen LogP contribution is 2.29. The average Bonchev–Trinajstić information content (AvgIpc) is 3.26. The van der Waals surface area contributed by atoms with Crippen LogP contribution in [0.4, 0.5) is 4.79 Å². The molecule has 0 atom stereocenters. The van der Waals surface area contributed by atoms with Gasteiger partial charge < -0.3 is 14.2 Å². The molecule has 4 rings (SSSR count). The number of carbonyl (C=O) groups is 1. The van der Waals surface area contributed by atoms with Crippen molar-refractivity contribution in [2.75, 3.05) is 26.2 Å². The van der Waals surface area contributed by atoms with Gasteiger partial charge in [0.1, 0.15) is 0 Å². The zero-order chi connectivity index (χ0) is 20.3. The number of sulfone groups is 1. The third-order valence-corrected chi connectivity index (χ3v) is 7.04. The van der Waals surface area contributed by atoms with Crippen molar-refractivity contribution in [3.05, 3.63) is 41.8 Å². The van der Waals surface area contributed by atoms with Crippen LogP contribution in [0, 0.1) is 0 Å². The number of nitrogens with zero attached hydrogens (tertiary/aromatic N) is 4. The number of rotatable bonds is 4. The molecular formula is C20H26N4O4S. The number of piperidine rings is 2. The van der Waals surface area contributed by atoms with Gasteiger partial charge in [-0.05, 0) is 37.7 Å². The summed E-state index contributed by atoms with van der Waals surface area (Å²) >= 11 is 0. The van der Waals surface area contributed by atoms with E-state index in [4.69, 9.17) is 4.42 Å². The second kappa shape index (κ2) is 8.52. The van der Waals surface area contributed by atoms with Crippen molar-refractivity contribution in [1.29, 1.82) is 0 Å². The lowest BCUT2D eigenvalue weighted by Crippen LogP contribution is -2.48. The summed E-state index contributed by atoms with van der Waals surface area (Å²) in [6, 6.07) is 9.04. The van der Waals surface area contributed by atoms with Gasteiger partial charge in [-0.15, -0.1) is 5.10 Å². The van der Waals surface area contributed by atoms with E-state index in [0.29, 0.717) is 37.4 Å². The van der Waals surface area contributed by atoms with E-state index >= 15 is 0 Å². The Morgan fingerprint density at radius 1 is 0.966 bits per heavy atom. The molecule has 1 aromatic carbocycles. The van der Waals surface area contributed by atoms with Crippen molar-refractivity contribution in [2.45, 2.75) is 49.0 Å². The van der Waals surface area contributed by atoms with Crippen molar-refractivity contribution in [3.63, 3.8) is 0 Å². The van der Waals surface area contributed by atoms with Crippen LogP contribution in [0.25, 0.3) is 0 Å². The first-order valence-corrected chi connectivity index (χ1v) is 11.8.